The summed E-state index contributed by atoms with van der Waals surface area (Å²) in [5.41, 5.74) is 0.812. The van der Waals surface area contributed by atoms with Crippen LogP contribution >= 0.6 is 11.3 Å². The van der Waals surface area contributed by atoms with Crippen LogP contribution < -0.4 is 5.76 Å². The molecule has 0 aliphatic carbocycles. The highest BCUT2D eigenvalue weighted by Crippen LogP contribution is 2.25. The molecule has 8 nitrogen and oxygen atoms in total. The molecule has 160 valence electrons. The van der Waals surface area contributed by atoms with Gasteiger partial charge in [-0.15, -0.1) is 11.3 Å². The maximum atomic E-state index is 13.1. The molecule has 0 bridgehead atoms. The number of rotatable bonds is 4. The first-order valence-corrected chi connectivity index (χ1v) is 11.9. The lowest BCUT2D eigenvalue weighted by atomic mass is 10.3. The molecule has 30 heavy (non-hydrogen) atoms. The van der Waals surface area contributed by atoms with Crippen LogP contribution in [-0.4, -0.2) is 54.3 Å². The van der Waals surface area contributed by atoms with Crippen molar-refractivity contribution >= 4 is 38.4 Å². The first kappa shape index (κ1) is 20.8. The average Bonchev–Trinajstić information content (AvgIpc) is 3.29. The second kappa shape index (κ2) is 7.68. The van der Waals surface area contributed by atoms with Crippen molar-refractivity contribution in [2.45, 2.75) is 31.7 Å². The predicted octanol–water partition coefficient (Wildman–Crippen LogP) is 2.69. The van der Waals surface area contributed by atoms with E-state index in [1.165, 1.54) is 32.3 Å². The van der Waals surface area contributed by atoms with Crippen molar-refractivity contribution < 1.29 is 17.6 Å². The zero-order valence-electron chi connectivity index (χ0n) is 17.0. The summed E-state index contributed by atoms with van der Waals surface area (Å²) in [6.45, 7) is 6.76. The Morgan fingerprint density at radius 3 is 2.40 bits per heavy atom. The molecule has 1 saturated heterocycles. The summed E-state index contributed by atoms with van der Waals surface area (Å²) in [5.74, 6) is -0.575. The lowest BCUT2D eigenvalue weighted by Crippen LogP contribution is -2.50. The molecule has 0 spiro atoms. The van der Waals surface area contributed by atoms with E-state index >= 15 is 0 Å². The minimum Gasteiger partial charge on any atom is -0.408 e. The molecule has 1 amide bonds. The van der Waals surface area contributed by atoms with Crippen LogP contribution in [0.1, 0.15) is 34.4 Å². The van der Waals surface area contributed by atoms with Crippen LogP contribution in [0.3, 0.4) is 0 Å². The minimum atomic E-state index is -3.76. The number of hydrogen-bond acceptors (Lipinski definition) is 6. The van der Waals surface area contributed by atoms with Gasteiger partial charge in [-0.05, 0) is 45.0 Å². The lowest BCUT2D eigenvalue weighted by molar-refractivity contribution is 0.0703. The van der Waals surface area contributed by atoms with Crippen molar-refractivity contribution in [2.75, 3.05) is 26.2 Å². The van der Waals surface area contributed by atoms with Gasteiger partial charge in [0.1, 0.15) is 0 Å². The maximum absolute atomic E-state index is 13.1. The molecule has 1 aliphatic rings. The number of amides is 1. The van der Waals surface area contributed by atoms with Crippen LogP contribution in [0, 0.1) is 6.92 Å². The molecule has 1 aliphatic heterocycles. The van der Waals surface area contributed by atoms with E-state index in [1.54, 1.807) is 17.0 Å². The third kappa shape index (κ3) is 3.59. The van der Waals surface area contributed by atoms with E-state index < -0.39 is 15.8 Å². The third-order valence-corrected chi connectivity index (χ3v) is 8.10. The molecule has 3 aromatic rings. The van der Waals surface area contributed by atoms with E-state index in [2.05, 4.69) is 0 Å². The highest BCUT2D eigenvalue weighted by Gasteiger charge is 2.31. The predicted molar refractivity (Wildman–Crippen MR) is 115 cm³/mol. The monoisotopic (exact) mass is 449 g/mol. The highest BCUT2D eigenvalue weighted by atomic mass is 32.2. The molecule has 0 N–H and O–H groups in total. The smallest absolute Gasteiger partial charge is 0.408 e. The van der Waals surface area contributed by atoms with E-state index in [9.17, 15) is 18.0 Å². The van der Waals surface area contributed by atoms with Gasteiger partial charge < -0.3 is 9.32 Å². The van der Waals surface area contributed by atoms with E-state index in [0.717, 1.165) is 4.88 Å². The van der Waals surface area contributed by atoms with E-state index in [4.69, 9.17) is 4.42 Å². The first-order valence-electron chi connectivity index (χ1n) is 9.69. The minimum absolute atomic E-state index is 0.0663. The summed E-state index contributed by atoms with van der Waals surface area (Å²) in [5, 5.41) is 0. The van der Waals surface area contributed by atoms with Crippen LogP contribution in [0.15, 0.2) is 44.4 Å². The van der Waals surface area contributed by atoms with Gasteiger partial charge in [-0.3, -0.25) is 9.36 Å². The summed E-state index contributed by atoms with van der Waals surface area (Å²) < 4.78 is 34.3. The van der Waals surface area contributed by atoms with Gasteiger partial charge in [-0.2, -0.15) is 4.31 Å². The van der Waals surface area contributed by atoms with Crippen molar-refractivity contribution in [1.82, 2.24) is 13.8 Å². The number of nitrogens with zero attached hydrogens (tertiary/aromatic N) is 3. The zero-order chi connectivity index (χ0) is 21.6. The van der Waals surface area contributed by atoms with Gasteiger partial charge in [-0.25, -0.2) is 13.2 Å². The number of piperazine rings is 1. The standard InChI is InChI=1S/C20H23N3O5S2/c1-13(2)23-16-6-5-15(12-17(16)28-20(23)25)30(26,27)22-10-8-21(9-11-22)19(24)18-7-4-14(3)29-18/h4-7,12-13H,8-11H2,1-3H3. The van der Waals surface area contributed by atoms with Crippen molar-refractivity contribution in [2.24, 2.45) is 0 Å². The molecule has 3 heterocycles. The molecule has 0 radical (unpaired) electrons. The number of hydrogen-bond donors (Lipinski definition) is 0. The number of thiophene rings is 1. The van der Waals surface area contributed by atoms with Crippen LogP contribution in [0.2, 0.25) is 0 Å². The van der Waals surface area contributed by atoms with Gasteiger partial charge in [0.2, 0.25) is 10.0 Å². The largest absolute Gasteiger partial charge is 0.420 e. The maximum Gasteiger partial charge on any atom is 0.420 e. The van der Waals surface area contributed by atoms with Crippen molar-refractivity contribution in [3.05, 3.63) is 50.6 Å². The van der Waals surface area contributed by atoms with E-state index in [0.29, 0.717) is 23.5 Å². The van der Waals surface area contributed by atoms with Crippen LogP contribution in [0.25, 0.3) is 11.1 Å². The lowest BCUT2D eigenvalue weighted by Gasteiger charge is -2.33. The molecule has 10 heteroatoms. The van der Waals surface area contributed by atoms with Crippen LogP contribution in [0.4, 0.5) is 0 Å². The van der Waals surface area contributed by atoms with Crippen LogP contribution in [-0.2, 0) is 10.0 Å². The number of aryl methyl sites for hydroxylation is 1. The summed E-state index contributed by atoms with van der Waals surface area (Å²) in [6, 6.07) is 8.11. The molecule has 2 aromatic heterocycles. The Hall–Kier alpha value is -2.43. The van der Waals surface area contributed by atoms with Gasteiger partial charge in [0.25, 0.3) is 5.91 Å². The Balaban J connectivity index is 1.53. The van der Waals surface area contributed by atoms with Gasteiger partial charge in [-0.1, -0.05) is 0 Å². The fourth-order valence-electron chi connectivity index (χ4n) is 3.65. The Morgan fingerprint density at radius 2 is 1.80 bits per heavy atom. The summed E-state index contributed by atoms with van der Waals surface area (Å²) in [4.78, 5) is 28.1. The fraction of sp³-hybridized carbons (Fsp3) is 0.400. The SMILES string of the molecule is Cc1ccc(C(=O)N2CCN(S(=O)(=O)c3ccc4c(c3)oc(=O)n4C(C)C)CC2)s1. The molecular weight excluding hydrogens is 426 g/mol. The Bertz CT molecular complexity index is 1260. The number of oxazole rings is 1. The van der Waals surface area contributed by atoms with E-state index in [-0.39, 0.29) is 35.5 Å². The second-order valence-corrected chi connectivity index (χ2v) is 10.8. The molecular formula is C20H23N3O5S2. The molecule has 0 saturated carbocycles. The molecule has 4 rings (SSSR count). The topological polar surface area (TPSA) is 92.8 Å². The molecule has 0 atom stereocenters. The number of benzene rings is 1. The Kier molecular flexibility index (Phi) is 5.33. The summed E-state index contributed by atoms with van der Waals surface area (Å²) >= 11 is 1.44. The van der Waals surface area contributed by atoms with Gasteiger partial charge in [0.15, 0.2) is 5.58 Å². The second-order valence-electron chi connectivity index (χ2n) is 7.57. The van der Waals surface area contributed by atoms with Gasteiger partial charge in [0.05, 0.1) is 15.3 Å². The zero-order valence-corrected chi connectivity index (χ0v) is 18.6. The number of carbonyl (C=O) groups is 1. The van der Waals surface area contributed by atoms with E-state index in [1.807, 2.05) is 26.8 Å². The fourth-order valence-corrected chi connectivity index (χ4v) is 5.93. The Morgan fingerprint density at radius 1 is 1.10 bits per heavy atom. The molecule has 1 aromatic carbocycles. The van der Waals surface area contributed by atoms with Gasteiger partial charge in [0, 0.05) is 43.2 Å². The normalized spacial score (nSPS) is 15.9. The number of carbonyl (C=O) groups excluding carboxylic acids is 1. The van der Waals surface area contributed by atoms with Crippen molar-refractivity contribution in [3.8, 4) is 0 Å². The highest BCUT2D eigenvalue weighted by molar-refractivity contribution is 7.89. The van der Waals surface area contributed by atoms with Crippen LogP contribution in [0.5, 0.6) is 0 Å². The van der Waals surface area contributed by atoms with Gasteiger partial charge >= 0.3 is 5.76 Å². The number of aromatic nitrogens is 1. The molecule has 1 fully saturated rings. The molecule has 0 unspecified atom stereocenters. The summed E-state index contributed by atoms with van der Waals surface area (Å²) in [6.07, 6.45) is 0. The quantitative estimate of drug-likeness (QED) is 0.611. The summed E-state index contributed by atoms with van der Waals surface area (Å²) in [7, 11) is -3.76. The Labute approximate surface area is 178 Å². The van der Waals surface area contributed by atoms with Crippen molar-refractivity contribution in [3.63, 3.8) is 0 Å². The first-order chi connectivity index (χ1) is 14.2. The average molecular weight is 450 g/mol. The number of fused-ring (bicyclic) bond motifs is 1. The third-order valence-electron chi connectivity index (χ3n) is 5.22. The van der Waals surface area contributed by atoms with Crippen molar-refractivity contribution in [1.29, 1.82) is 0 Å². The number of sulfonamides is 1.